The van der Waals surface area contributed by atoms with Gasteiger partial charge in [0.2, 0.25) is 5.95 Å². The first-order valence-corrected chi connectivity index (χ1v) is 8.34. The van der Waals surface area contributed by atoms with E-state index in [0.29, 0.717) is 0 Å². The van der Waals surface area contributed by atoms with Crippen LogP contribution in [0.15, 0.2) is 36.7 Å². The number of nitro groups is 1. The highest BCUT2D eigenvalue weighted by molar-refractivity contribution is 7.22. The van der Waals surface area contributed by atoms with E-state index in [-0.39, 0.29) is 10.6 Å². The Bertz CT molecular complexity index is 876. The number of piperazine rings is 1. The van der Waals surface area contributed by atoms with Gasteiger partial charge in [-0.1, -0.05) is 11.3 Å². The van der Waals surface area contributed by atoms with Crippen LogP contribution in [-0.2, 0) is 0 Å². The molecule has 0 aliphatic carbocycles. The average Bonchev–Trinajstić information content (AvgIpc) is 3.06. The van der Waals surface area contributed by atoms with Crippen LogP contribution < -0.4 is 9.80 Å². The molecular weight excluding hydrogens is 328 g/mol. The van der Waals surface area contributed by atoms with Crippen LogP contribution in [0.4, 0.5) is 16.8 Å². The summed E-state index contributed by atoms with van der Waals surface area (Å²) in [5, 5.41) is 11.8. The van der Waals surface area contributed by atoms with Crippen LogP contribution in [0.2, 0.25) is 0 Å². The zero-order chi connectivity index (χ0) is 16.5. The number of rotatable bonds is 3. The van der Waals surface area contributed by atoms with Crippen molar-refractivity contribution in [1.29, 1.82) is 0 Å². The Morgan fingerprint density at radius 2 is 1.79 bits per heavy atom. The van der Waals surface area contributed by atoms with Crippen molar-refractivity contribution < 1.29 is 4.92 Å². The van der Waals surface area contributed by atoms with Gasteiger partial charge in [0.05, 0.1) is 15.1 Å². The summed E-state index contributed by atoms with van der Waals surface area (Å²) in [6, 6.07) is 6.60. The first-order chi connectivity index (χ1) is 11.7. The standard InChI is InChI=1S/C15H14N6O2S/c22-21(23)11-2-3-12-13(10-11)24-15(18-12)20-8-6-19(7-9-20)14-16-4-1-5-17-14/h1-5,10H,6-9H2. The van der Waals surface area contributed by atoms with Gasteiger partial charge in [0.15, 0.2) is 5.13 Å². The number of hydrogen-bond acceptors (Lipinski definition) is 8. The summed E-state index contributed by atoms with van der Waals surface area (Å²) >= 11 is 1.49. The van der Waals surface area contributed by atoms with Crippen molar-refractivity contribution in [1.82, 2.24) is 15.0 Å². The highest BCUT2D eigenvalue weighted by atomic mass is 32.1. The molecule has 1 aliphatic rings. The van der Waals surface area contributed by atoms with Crippen LogP contribution in [0.1, 0.15) is 0 Å². The fourth-order valence-electron chi connectivity index (χ4n) is 2.70. The minimum atomic E-state index is -0.378. The number of hydrogen-bond donors (Lipinski definition) is 0. The second-order valence-corrected chi connectivity index (χ2v) is 6.44. The number of nitrogens with zero attached hydrogens (tertiary/aromatic N) is 6. The van der Waals surface area contributed by atoms with Gasteiger partial charge in [-0.3, -0.25) is 10.1 Å². The second-order valence-electron chi connectivity index (χ2n) is 5.43. The second kappa shape index (κ2) is 6.00. The molecule has 0 N–H and O–H groups in total. The van der Waals surface area contributed by atoms with Crippen molar-refractivity contribution in [2.45, 2.75) is 0 Å². The molecule has 24 heavy (non-hydrogen) atoms. The van der Waals surface area contributed by atoms with Crippen LogP contribution in [-0.4, -0.2) is 46.1 Å². The van der Waals surface area contributed by atoms with Gasteiger partial charge in [-0.05, 0) is 12.1 Å². The first-order valence-electron chi connectivity index (χ1n) is 7.52. The Kier molecular flexibility index (Phi) is 3.69. The zero-order valence-corrected chi connectivity index (χ0v) is 13.5. The molecule has 122 valence electrons. The molecule has 1 saturated heterocycles. The highest BCUT2D eigenvalue weighted by Crippen LogP contribution is 2.32. The van der Waals surface area contributed by atoms with Crippen molar-refractivity contribution in [2.75, 3.05) is 36.0 Å². The Morgan fingerprint density at radius 3 is 2.50 bits per heavy atom. The third-order valence-electron chi connectivity index (χ3n) is 3.96. The summed E-state index contributed by atoms with van der Waals surface area (Å²) < 4.78 is 0.841. The Labute approximate surface area is 141 Å². The van der Waals surface area contributed by atoms with Gasteiger partial charge in [0, 0.05) is 50.7 Å². The van der Waals surface area contributed by atoms with Crippen molar-refractivity contribution in [2.24, 2.45) is 0 Å². The molecule has 0 spiro atoms. The lowest BCUT2D eigenvalue weighted by molar-refractivity contribution is -0.384. The molecular formula is C15H14N6O2S. The van der Waals surface area contributed by atoms with Gasteiger partial charge in [-0.25, -0.2) is 15.0 Å². The van der Waals surface area contributed by atoms with Crippen LogP contribution >= 0.6 is 11.3 Å². The molecule has 4 rings (SSSR count). The summed E-state index contributed by atoms with van der Waals surface area (Å²) in [6.07, 6.45) is 3.49. The Hall–Kier alpha value is -2.81. The molecule has 2 aromatic heterocycles. The van der Waals surface area contributed by atoms with E-state index in [4.69, 9.17) is 0 Å². The summed E-state index contributed by atoms with van der Waals surface area (Å²) in [7, 11) is 0. The zero-order valence-electron chi connectivity index (χ0n) is 12.7. The van der Waals surface area contributed by atoms with E-state index in [1.54, 1.807) is 30.6 Å². The van der Waals surface area contributed by atoms with E-state index >= 15 is 0 Å². The predicted octanol–water partition coefficient (Wildman–Crippen LogP) is 2.32. The maximum atomic E-state index is 10.9. The van der Waals surface area contributed by atoms with Gasteiger partial charge in [0.25, 0.3) is 5.69 Å². The lowest BCUT2D eigenvalue weighted by Crippen LogP contribution is -2.47. The lowest BCUT2D eigenvalue weighted by atomic mass is 10.3. The largest absolute Gasteiger partial charge is 0.345 e. The SMILES string of the molecule is O=[N+]([O-])c1ccc2nc(N3CCN(c4ncccn4)CC3)sc2c1. The van der Waals surface area contributed by atoms with E-state index in [1.807, 2.05) is 0 Å². The van der Waals surface area contributed by atoms with Crippen molar-refractivity contribution in [3.63, 3.8) is 0 Å². The fourth-order valence-corrected chi connectivity index (χ4v) is 3.75. The van der Waals surface area contributed by atoms with Gasteiger partial charge in [0.1, 0.15) is 0 Å². The number of fused-ring (bicyclic) bond motifs is 1. The third-order valence-corrected chi connectivity index (χ3v) is 5.04. The number of thiazole rings is 1. The van der Waals surface area contributed by atoms with E-state index < -0.39 is 0 Å². The fraction of sp³-hybridized carbons (Fsp3) is 0.267. The topological polar surface area (TPSA) is 88.3 Å². The number of non-ortho nitro benzene ring substituents is 1. The molecule has 3 aromatic rings. The number of nitro benzene ring substituents is 1. The average molecular weight is 342 g/mol. The summed E-state index contributed by atoms with van der Waals surface area (Å²) in [5.74, 6) is 0.747. The van der Waals surface area contributed by atoms with Crippen LogP contribution in [0.3, 0.4) is 0 Å². The van der Waals surface area contributed by atoms with Crippen LogP contribution in [0.25, 0.3) is 10.2 Å². The Morgan fingerprint density at radius 1 is 1.08 bits per heavy atom. The quantitative estimate of drug-likeness (QED) is 0.533. The Balaban J connectivity index is 1.51. The van der Waals surface area contributed by atoms with E-state index in [2.05, 4.69) is 24.8 Å². The van der Waals surface area contributed by atoms with Crippen molar-refractivity contribution in [3.05, 3.63) is 46.8 Å². The van der Waals surface area contributed by atoms with E-state index in [9.17, 15) is 10.1 Å². The van der Waals surface area contributed by atoms with Crippen molar-refractivity contribution in [3.8, 4) is 0 Å². The molecule has 0 amide bonds. The van der Waals surface area contributed by atoms with Gasteiger partial charge >= 0.3 is 0 Å². The van der Waals surface area contributed by atoms with Gasteiger partial charge < -0.3 is 9.80 Å². The molecule has 9 heteroatoms. The highest BCUT2D eigenvalue weighted by Gasteiger charge is 2.21. The molecule has 3 heterocycles. The normalized spacial score (nSPS) is 15.0. The maximum absolute atomic E-state index is 10.9. The molecule has 1 fully saturated rings. The number of aromatic nitrogens is 3. The molecule has 0 saturated carbocycles. The third kappa shape index (κ3) is 2.73. The van der Waals surface area contributed by atoms with E-state index in [1.165, 1.54) is 17.4 Å². The monoisotopic (exact) mass is 342 g/mol. The lowest BCUT2D eigenvalue weighted by Gasteiger charge is -2.34. The molecule has 1 aliphatic heterocycles. The molecule has 8 nitrogen and oxygen atoms in total. The van der Waals surface area contributed by atoms with Crippen LogP contribution in [0.5, 0.6) is 0 Å². The van der Waals surface area contributed by atoms with Gasteiger partial charge in [-0.2, -0.15) is 0 Å². The minimum absolute atomic E-state index is 0.101. The van der Waals surface area contributed by atoms with Crippen LogP contribution in [0, 0.1) is 10.1 Å². The molecule has 0 atom stereocenters. The van der Waals surface area contributed by atoms with Crippen molar-refractivity contribution >= 4 is 38.3 Å². The predicted molar refractivity (Wildman–Crippen MR) is 92.7 cm³/mol. The molecule has 0 unspecified atom stereocenters. The molecule has 1 aromatic carbocycles. The smallest absolute Gasteiger partial charge is 0.270 e. The maximum Gasteiger partial charge on any atom is 0.270 e. The minimum Gasteiger partial charge on any atom is -0.345 e. The molecule has 0 radical (unpaired) electrons. The summed E-state index contributed by atoms with van der Waals surface area (Å²) in [4.78, 5) is 28.0. The van der Waals surface area contributed by atoms with E-state index in [0.717, 1.165) is 47.5 Å². The molecule has 0 bridgehead atoms. The first kappa shape index (κ1) is 14.8. The number of anilines is 2. The number of benzene rings is 1. The summed E-state index contributed by atoms with van der Waals surface area (Å²) in [6.45, 7) is 3.28. The van der Waals surface area contributed by atoms with Gasteiger partial charge in [-0.15, -0.1) is 0 Å². The summed E-state index contributed by atoms with van der Waals surface area (Å²) in [5.41, 5.74) is 0.901.